The van der Waals surface area contributed by atoms with E-state index >= 15 is 0 Å². The van der Waals surface area contributed by atoms with Crippen LogP contribution in [0, 0.1) is 0 Å². The van der Waals surface area contributed by atoms with Gasteiger partial charge < -0.3 is 14.4 Å². The molecular formula is C10H13N3O3S. The van der Waals surface area contributed by atoms with E-state index in [4.69, 9.17) is 9.47 Å². The fourth-order valence-corrected chi connectivity index (χ4v) is 2.74. The molecule has 0 N–H and O–H groups in total. The predicted molar refractivity (Wildman–Crippen MR) is 59.7 cm³/mol. The van der Waals surface area contributed by atoms with Crippen LogP contribution in [0.3, 0.4) is 0 Å². The Hall–Kier alpha value is -1.05. The highest BCUT2D eigenvalue weighted by atomic mass is 32.1. The SMILES string of the molecule is O=C(c1csnn1)N1CCCC2(C1)OCCO2. The molecule has 0 saturated carbocycles. The van der Waals surface area contributed by atoms with Gasteiger partial charge in [0.1, 0.15) is 0 Å². The number of rotatable bonds is 1. The normalized spacial score (nSPS) is 23.2. The quantitative estimate of drug-likeness (QED) is 0.732. The first kappa shape index (κ1) is 11.1. The van der Waals surface area contributed by atoms with Crippen LogP contribution < -0.4 is 0 Å². The standard InChI is InChI=1S/C10H13N3O3S/c14-9(8-6-17-12-11-8)13-3-1-2-10(7-13)15-4-5-16-10/h6H,1-5,7H2. The van der Waals surface area contributed by atoms with Crippen LogP contribution in [0.5, 0.6) is 0 Å². The molecule has 0 aliphatic carbocycles. The minimum atomic E-state index is -0.572. The molecule has 1 spiro atoms. The van der Waals surface area contributed by atoms with Crippen LogP contribution in [-0.2, 0) is 9.47 Å². The van der Waals surface area contributed by atoms with Crippen LogP contribution in [0.2, 0.25) is 0 Å². The number of carbonyl (C=O) groups is 1. The van der Waals surface area contributed by atoms with Crippen LogP contribution in [0.4, 0.5) is 0 Å². The Kier molecular flexibility index (Phi) is 2.81. The molecule has 3 rings (SSSR count). The fourth-order valence-electron chi connectivity index (χ4n) is 2.31. The molecule has 2 aliphatic rings. The second kappa shape index (κ2) is 4.32. The number of carbonyl (C=O) groups excluding carboxylic acids is 1. The zero-order valence-electron chi connectivity index (χ0n) is 9.29. The van der Waals surface area contributed by atoms with Crippen molar-refractivity contribution in [1.82, 2.24) is 14.5 Å². The summed E-state index contributed by atoms with van der Waals surface area (Å²) in [5.41, 5.74) is 0.407. The van der Waals surface area contributed by atoms with E-state index in [0.717, 1.165) is 19.4 Å². The van der Waals surface area contributed by atoms with Gasteiger partial charge in [-0.15, -0.1) is 5.10 Å². The molecule has 0 unspecified atom stereocenters. The topological polar surface area (TPSA) is 64.6 Å². The molecule has 92 valence electrons. The number of likely N-dealkylation sites (tertiary alicyclic amines) is 1. The molecule has 17 heavy (non-hydrogen) atoms. The summed E-state index contributed by atoms with van der Waals surface area (Å²) < 4.78 is 15.0. The summed E-state index contributed by atoms with van der Waals surface area (Å²) in [7, 11) is 0. The van der Waals surface area contributed by atoms with Crippen molar-refractivity contribution in [3.05, 3.63) is 11.1 Å². The number of piperidine rings is 1. The zero-order valence-corrected chi connectivity index (χ0v) is 10.1. The van der Waals surface area contributed by atoms with E-state index in [1.807, 2.05) is 0 Å². The maximum atomic E-state index is 12.1. The summed E-state index contributed by atoms with van der Waals surface area (Å²) in [4.78, 5) is 13.9. The van der Waals surface area contributed by atoms with Gasteiger partial charge in [-0.2, -0.15) is 0 Å². The van der Waals surface area contributed by atoms with Crippen LogP contribution in [0.25, 0.3) is 0 Å². The lowest BCUT2D eigenvalue weighted by atomic mass is 10.0. The maximum absolute atomic E-state index is 12.1. The van der Waals surface area contributed by atoms with E-state index in [-0.39, 0.29) is 5.91 Å². The number of hydrogen-bond donors (Lipinski definition) is 0. The van der Waals surface area contributed by atoms with Crippen molar-refractivity contribution in [3.8, 4) is 0 Å². The van der Waals surface area contributed by atoms with Gasteiger partial charge in [0.2, 0.25) is 0 Å². The van der Waals surface area contributed by atoms with Gasteiger partial charge in [-0.3, -0.25) is 4.79 Å². The smallest absolute Gasteiger partial charge is 0.275 e. The minimum Gasteiger partial charge on any atom is -0.346 e. The van der Waals surface area contributed by atoms with Gasteiger partial charge in [-0.25, -0.2) is 0 Å². The number of nitrogens with zero attached hydrogens (tertiary/aromatic N) is 3. The van der Waals surface area contributed by atoms with Gasteiger partial charge >= 0.3 is 0 Å². The van der Waals surface area contributed by atoms with Crippen LogP contribution in [0.1, 0.15) is 23.3 Å². The van der Waals surface area contributed by atoms with E-state index in [1.165, 1.54) is 11.5 Å². The van der Waals surface area contributed by atoms with E-state index < -0.39 is 5.79 Å². The first-order valence-electron chi connectivity index (χ1n) is 5.63. The molecule has 2 fully saturated rings. The Labute approximate surface area is 103 Å². The van der Waals surface area contributed by atoms with Crippen LogP contribution in [0.15, 0.2) is 5.38 Å². The zero-order chi connectivity index (χ0) is 11.7. The van der Waals surface area contributed by atoms with Gasteiger partial charge in [0, 0.05) is 18.3 Å². The molecule has 0 radical (unpaired) electrons. The summed E-state index contributed by atoms with van der Waals surface area (Å²) in [5, 5.41) is 5.47. The molecular weight excluding hydrogens is 242 g/mol. The van der Waals surface area contributed by atoms with Crippen molar-refractivity contribution in [2.24, 2.45) is 0 Å². The third-order valence-electron chi connectivity index (χ3n) is 3.10. The predicted octanol–water partition coefficient (Wildman–Crippen LogP) is 0.517. The molecule has 1 amide bonds. The number of ether oxygens (including phenoxy) is 2. The molecule has 0 atom stereocenters. The first-order chi connectivity index (χ1) is 8.29. The Morgan fingerprint density at radius 3 is 3.00 bits per heavy atom. The lowest BCUT2D eigenvalue weighted by Crippen LogP contribution is -2.51. The van der Waals surface area contributed by atoms with E-state index in [0.29, 0.717) is 25.5 Å². The molecule has 0 bridgehead atoms. The Balaban J connectivity index is 1.73. The summed E-state index contributed by atoms with van der Waals surface area (Å²) in [6, 6.07) is 0. The Bertz CT molecular complexity index is 403. The summed E-state index contributed by atoms with van der Waals surface area (Å²) in [6.45, 7) is 2.44. The Morgan fingerprint density at radius 2 is 2.29 bits per heavy atom. The summed E-state index contributed by atoms with van der Waals surface area (Å²) in [6.07, 6.45) is 1.75. The van der Waals surface area contributed by atoms with Crippen LogP contribution >= 0.6 is 11.5 Å². The van der Waals surface area contributed by atoms with Gasteiger partial charge in [-0.1, -0.05) is 4.49 Å². The van der Waals surface area contributed by atoms with Crippen molar-refractivity contribution in [3.63, 3.8) is 0 Å². The van der Waals surface area contributed by atoms with Crippen molar-refractivity contribution < 1.29 is 14.3 Å². The molecule has 1 aromatic heterocycles. The molecule has 2 saturated heterocycles. The number of hydrogen-bond acceptors (Lipinski definition) is 6. The van der Waals surface area contributed by atoms with Crippen molar-refractivity contribution in [1.29, 1.82) is 0 Å². The summed E-state index contributed by atoms with van der Waals surface area (Å²) >= 11 is 1.18. The minimum absolute atomic E-state index is 0.0862. The fraction of sp³-hybridized carbons (Fsp3) is 0.700. The second-order valence-electron chi connectivity index (χ2n) is 4.23. The Morgan fingerprint density at radius 1 is 1.47 bits per heavy atom. The van der Waals surface area contributed by atoms with Crippen molar-refractivity contribution in [2.75, 3.05) is 26.3 Å². The third kappa shape index (κ3) is 2.05. The van der Waals surface area contributed by atoms with E-state index in [1.54, 1.807) is 10.3 Å². The van der Waals surface area contributed by atoms with E-state index in [2.05, 4.69) is 9.59 Å². The van der Waals surface area contributed by atoms with E-state index in [9.17, 15) is 4.79 Å². The number of amides is 1. The highest BCUT2D eigenvalue weighted by Crippen LogP contribution is 2.30. The first-order valence-corrected chi connectivity index (χ1v) is 6.47. The monoisotopic (exact) mass is 255 g/mol. The van der Waals surface area contributed by atoms with Crippen molar-refractivity contribution in [2.45, 2.75) is 18.6 Å². The van der Waals surface area contributed by atoms with Crippen molar-refractivity contribution >= 4 is 17.4 Å². The average molecular weight is 255 g/mol. The highest BCUT2D eigenvalue weighted by Gasteiger charge is 2.42. The molecule has 6 nitrogen and oxygen atoms in total. The lowest BCUT2D eigenvalue weighted by molar-refractivity contribution is -0.183. The third-order valence-corrected chi connectivity index (χ3v) is 3.60. The van der Waals surface area contributed by atoms with Gasteiger partial charge in [0.25, 0.3) is 5.91 Å². The summed E-state index contributed by atoms with van der Waals surface area (Å²) in [5.74, 6) is -0.658. The van der Waals surface area contributed by atoms with Gasteiger partial charge in [0.15, 0.2) is 11.5 Å². The van der Waals surface area contributed by atoms with Crippen LogP contribution in [-0.4, -0.2) is 52.5 Å². The molecule has 3 heterocycles. The molecule has 2 aliphatic heterocycles. The maximum Gasteiger partial charge on any atom is 0.275 e. The number of aromatic nitrogens is 2. The molecule has 1 aromatic rings. The average Bonchev–Trinajstić information content (AvgIpc) is 3.00. The largest absolute Gasteiger partial charge is 0.346 e. The lowest BCUT2D eigenvalue weighted by Gasteiger charge is -2.38. The molecule has 7 heteroatoms. The highest BCUT2D eigenvalue weighted by molar-refractivity contribution is 7.03. The second-order valence-corrected chi connectivity index (χ2v) is 4.84. The van der Waals surface area contributed by atoms with Gasteiger partial charge in [0.05, 0.1) is 19.8 Å². The van der Waals surface area contributed by atoms with Gasteiger partial charge in [-0.05, 0) is 18.0 Å². The molecule has 0 aromatic carbocycles.